The Labute approximate surface area is 140 Å². The highest BCUT2D eigenvalue weighted by Gasteiger charge is 2.28. The van der Waals surface area contributed by atoms with E-state index < -0.39 is 5.60 Å². The van der Waals surface area contributed by atoms with Crippen molar-refractivity contribution in [2.24, 2.45) is 0 Å². The Morgan fingerprint density at radius 2 is 2.17 bits per heavy atom. The van der Waals surface area contributed by atoms with Crippen molar-refractivity contribution in [2.75, 3.05) is 6.61 Å². The number of halogens is 1. The first-order valence-electron chi connectivity index (χ1n) is 7.77. The Balaban J connectivity index is 2.06. The fraction of sp³-hybridized carbons (Fsp3) is 0.529. The van der Waals surface area contributed by atoms with Crippen LogP contribution in [-0.2, 0) is 9.47 Å². The predicted molar refractivity (Wildman–Crippen MR) is 88.8 cm³/mol. The van der Waals surface area contributed by atoms with Crippen molar-refractivity contribution >= 4 is 28.6 Å². The number of carbonyl (C=O) groups is 1. The van der Waals surface area contributed by atoms with Gasteiger partial charge in [0.15, 0.2) is 0 Å². The van der Waals surface area contributed by atoms with Crippen molar-refractivity contribution in [1.82, 2.24) is 9.55 Å². The lowest BCUT2D eigenvalue weighted by Gasteiger charge is -2.30. The van der Waals surface area contributed by atoms with Gasteiger partial charge in [0.25, 0.3) is 0 Å². The van der Waals surface area contributed by atoms with Gasteiger partial charge in [0, 0.05) is 6.42 Å². The van der Waals surface area contributed by atoms with Gasteiger partial charge in [0.1, 0.15) is 17.7 Å². The largest absolute Gasteiger partial charge is 0.456 e. The van der Waals surface area contributed by atoms with Gasteiger partial charge in [-0.05, 0) is 45.9 Å². The fourth-order valence-corrected chi connectivity index (χ4v) is 2.74. The second kappa shape index (κ2) is 5.80. The Kier molecular flexibility index (Phi) is 4.10. The zero-order valence-corrected chi connectivity index (χ0v) is 14.6. The molecule has 1 aliphatic heterocycles. The molecule has 0 unspecified atom stereocenters. The molecule has 2 heterocycles. The number of rotatable bonds is 3. The first-order valence-corrected chi connectivity index (χ1v) is 8.21. The molecule has 5 nitrogen and oxygen atoms in total. The highest BCUT2D eigenvalue weighted by Crippen LogP contribution is 2.34. The summed E-state index contributed by atoms with van der Waals surface area (Å²) in [5.41, 5.74) is 1.62. The van der Waals surface area contributed by atoms with Gasteiger partial charge >= 0.3 is 5.97 Å². The topological polar surface area (TPSA) is 53.3 Å². The second-order valence-corrected chi connectivity index (χ2v) is 7.43. The van der Waals surface area contributed by atoms with E-state index in [2.05, 4.69) is 4.98 Å². The number of carbonyl (C=O) groups excluding carboxylic acids is 1. The van der Waals surface area contributed by atoms with Crippen molar-refractivity contribution in [3.63, 3.8) is 0 Å². The van der Waals surface area contributed by atoms with Gasteiger partial charge < -0.3 is 9.47 Å². The van der Waals surface area contributed by atoms with Crippen molar-refractivity contribution in [3.05, 3.63) is 29.6 Å². The quantitative estimate of drug-likeness (QED) is 0.622. The van der Waals surface area contributed by atoms with Crippen LogP contribution in [0.5, 0.6) is 0 Å². The molecular weight excluding hydrogens is 316 g/mol. The third-order valence-electron chi connectivity index (χ3n) is 3.67. The van der Waals surface area contributed by atoms with Gasteiger partial charge in [-0.2, -0.15) is 0 Å². The molecule has 6 heteroatoms. The van der Waals surface area contributed by atoms with Crippen LogP contribution in [0.15, 0.2) is 18.2 Å². The number of fused-ring (bicyclic) bond motifs is 1. The lowest BCUT2D eigenvalue weighted by atomic mass is 10.1. The van der Waals surface area contributed by atoms with Crippen LogP contribution in [0.25, 0.3) is 11.0 Å². The molecule has 124 valence electrons. The van der Waals surface area contributed by atoms with Crippen LogP contribution in [0.2, 0.25) is 0 Å². The molecular formula is C17H21ClN2O3. The fourth-order valence-electron chi connectivity index (χ4n) is 2.59. The first-order chi connectivity index (χ1) is 10.8. The number of aromatic nitrogens is 2. The van der Waals surface area contributed by atoms with Gasteiger partial charge in [0.2, 0.25) is 0 Å². The number of nitrogens with zero attached hydrogens (tertiary/aromatic N) is 2. The molecule has 1 saturated heterocycles. The monoisotopic (exact) mass is 336 g/mol. The third-order valence-corrected chi connectivity index (χ3v) is 3.87. The number of alkyl halides is 1. The number of hydrogen-bond donors (Lipinski definition) is 0. The highest BCUT2D eigenvalue weighted by molar-refractivity contribution is 6.20. The molecule has 3 rings (SSSR count). The number of ether oxygens (including phenoxy) is 2. The summed E-state index contributed by atoms with van der Waals surface area (Å²) in [6, 6.07) is 5.37. The van der Waals surface area contributed by atoms with Crippen LogP contribution in [0.3, 0.4) is 0 Å². The average molecular weight is 337 g/mol. The molecule has 1 aliphatic rings. The number of esters is 1. The molecule has 0 saturated carbocycles. The van der Waals surface area contributed by atoms with E-state index in [9.17, 15) is 4.79 Å². The second-order valence-electron chi connectivity index (χ2n) is 6.78. The summed E-state index contributed by atoms with van der Waals surface area (Å²) in [4.78, 5) is 16.9. The van der Waals surface area contributed by atoms with Crippen LogP contribution < -0.4 is 0 Å². The van der Waals surface area contributed by atoms with Crippen LogP contribution in [0, 0.1) is 0 Å². The van der Waals surface area contributed by atoms with E-state index in [1.807, 2.05) is 38.3 Å². The summed E-state index contributed by atoms with van der Waals surface area (Å²) in [5.74, 6) is 0.412. The van der Waals surface area contributed by atoms with Crippen LogP contribution >= 0.6 is 11.6 Å². The summed E-state index contributed by atoms with van der Waals surface area (Å²) < 4.78 is 13.0. The molecule has 1 fully saturated rings. The first kappa shape index (κ1) is 16.3. The normalized spacial score (nSPS) is 19.4. The van der Waals surface area contributed by atoms with E-state index in [4.69, 9.17) is 21.1 Å². The Hall–Kier alpha value is -1.59. The Morgan fingerprint density at radius 3 is 2.70 bits per heavy atom. The third kappa shape index (κ3) is 3.21. The molecule has 1 aromatic carbocycles. The number of hydrogen-bond acceptors (Lipinski definition) is 4. The summed E-state index contributed by atoms with van der Waals surface area (Å²) in [7, 11) is 0. The van der Waals surface area contributed by atoms with Crippen molar-refractivity contribution in [3.8, 4) is 0 Å². The molecule has 0 bridgehead atoms. The molecule has 0 radical (unpaired) electrons. The summed E-state index contributed by atoms with van der Waals surface area (Å²) in [6.45, 7) is 8.16. The van der Waals surface area contributed by atoms with E-state index in [0.29, 0.717) is 5.56 Å². The van der Waals surface area contributed by atoms with Crippen molar-refractivity contribution in [2.45, 2.75) is 51.3 Å². The van der Waals surface area contributed by atoms with Gasteiger partial charge in [-0.3, -0.25) is 4.57 Å². The van der Waals surface area contributed by atoms with E-state index in [1.165, 1.54) is 0 Å². The minimum atomic E-state index is -0.529. The van der Waals surface area contributed by atoms with Crippen LogP contribution in [-0.4, -0.2) is 27.7 Å². The SMILES string of the molecule is C[C@H](Cl)c1nc2ccc(C(=O)OC(C)(C)C)cc2n1[C@@H]1CCO1. The smallest absolute Gasteiger partial charge is 0.338 e. The molecule has 1 aromatic heterocycles. The average Bonchev–Trinajstić information content (AvgIpc) is 2.74. The van der Waals surface area contributed by atoms with E-state index in [0.717, 1.165) is 29.9 Å². The maximum absolute atomic E-state index is 12.3. The minimum Gasteiger partial charge on any atom is -0.456 e. The molecule has 23 heavy (non-hydrogen) atoms. The van der Waals surface area contributed by atoms with Crippen molar-refractivity contribution in [1.29, 1.82) is 0 Å². The van der Waals surface area contributed by atoms with Gasteiger partial charge in [-0.15, -0.1) is 11.6 Å². The predicted octanol–water partition coefficient (Wildman–Crippen LogP) is 4.21. The van der Waals surface area contributed by atoms with Gasteiger partial charge in [-0.1, -0.05) is 0 Å². The molecule has 0 aliphatic carbocycles. The molecule has 0 N–H and O–H groups in total. The molecule has 2 atom stereocenters. The summed E-state index contributed by atoms with van der Waals surface area (Å²) in [5, 5.41) is -0.239. The maximum Gasteiger partial charge on any atom is 0.338 e. The zero-order valence-electron chi connectivity index (χ0n) is 13.8. The zero-order chi connectivity index (χ0) is 16.8. The lowest BCUT2D eigenvalue weighted by Crippen LogP contribution is -2.26. The van der Waals surface area contributed by atoms with Crippen LogP contribution in [0.1, 0.15) is 61.9 Å². The number of imidazole rings is 1. The Morgan fingerprint density at radius 1 is 1.48 bits per heavy atom. The van der Waals surface area contributed by atoms with Crippen LogP contribution in [0.4, 0.5) is 0 Å². The van der Waals surface area contributed by atoms with Gasteiger partial charge in [0.05, 0.1) is 28.6 Å². The lowest BCUT2D eigenvalue weighted by molar-refractivity contribution is -0.0984. The van der Waals surface area contributed by atoms with Gasteiger partial charge in [-0.25, -0.2) is 9.78 Å². The standard InChI is InChI=1S/C17H21ClN2O3/c1-10(18)15-19-12-6-5-11(16(21)23-17(2,3)4)9-13(12)20(15)14-7-8-22-14/h5-6,9-10,14H,7-8H2,1-4H3/t10-,14-/m0/s1. The molecule has 0 spiro atoms. The maximum atomic E-state index is 12.3. The summed E-state index contributed by atoms with van der Waals surface area (Å²) in [6.07, 6.45) is 0.851. The van der Waals surface area contributed by atoms with Crippen molar-refractivity contribution < 1.29 is 14.3 Å². The Bertz CT molecular complexity index is 742. The van der Waals surface area contributed by atoms with E-state index in [1.54, 1.807) is 12.1 Å². The summed E-state index contributed by atoms with van der Waals surface area (Å²) >= 11 is 6.26. The minimum absolute atomic E-state index is 0.0647. The highest BCUT2D eigenvalue weighted by atomic mass is 35.5. The van der Waals surface area contributed by atoms with E-state index >= 15 is 0 Å². The van der Waals surface area contributed by atoms with E-state index in [-0.39, 0.29) is 17.6 Å². The molecule has 0 amide bonds. The molecule has 2 aromatic rings. The number of benzene rings is 1.